The molecule has 0 fully saturated rings. The Hall–Kier alpha value is -2.50. The Morgan fingerprint density at radius 2 is 1.94 bits per heavy atom. The van der Waals surface area contributed by atoms with Crippen molar-refractivity contribution in [1.29, 1.82) is 0 Å². The highest BCUT2D eigenvalue weighted by Crippen LogP contribution is 2.27. The standard InChI is InChI=1S/C19H25F3N4O4S/c1-5-29-17(27)10-26-9-16(24-25-26)14(11-31(28)18(2,3)4)15-7-6-13(8-23-15)30-12-19(20,21)22/h6-9,14H,5,10-12H2,1-4H3/t14-,31?/m0/s1. The first kappa shape index (κ1) is 24.8. The van der Waals surface area contributed by atoms with E-state index in [0.29, 0.717) is 11.4 Å². The summed E-state index contributed by atoms with van der Waals surface area (Å²) in [4.78, 5) is 15.9. The van der Waals surface area contributed by atoms with E-state index >= 15 is 0 Å². The van der Waals surface area contributed by atoms with Gasteiger partial charge in [0, 0.05) is 27.5 Å². The highest BCUT2D eigenvalue weighted by molar-refractivity contribution is 7.86. The second kappa shape index (κ2) is 10.2. The van der Waals surface area contributed by atoms with E-state index in [1.54, 1.807) is 6.92 Å². The molecule has 2 aromatic rings. The van der Waals surface area contributed by atoms with Crippen LogP contribution >= 0.6 is 0 Å². The van der Waals surface area contributed by atoms with Crippen molar-refractivity contribution in [3.05, 3.63) is 35.9 Å². The summed E-state index contributed by atoms with van der Waals surface area (Å²) in [5.41, 5.74) is 0.874. The van der Waals surface area contributed by atoms with Crippen LogP contribution in [0.15, 0.2) is 24.5 Å². The van der Waals surface area contributed by atoms with Gasteiger partial charge in [0.2, 0.25) is 0 Å². The third-order valence-corrected chi connectivity index (χ3v) is 6.03. The van der Waals surface area contributed by atoms with E-state index in [0.717, 1.165) is 0 Å². The minimum Gasteiger partial charge on any atom is -0.483 e. The molecular formula is C19H25F3N4O4S. The normalized spacial score (nSPS) is 14.2. The molecule has 0 amide bonds. The van der Waals surface area contributed by atoms with Crippen LogP contribution in [0.5, 0.6) is 5.75 Å². The fraction of sp³-hybridized carbons (Fsp3) is 0.579. The van der Waals surface area contributed by atoms with Crippen LogP contribution in [-0.2, 0) is 26.9 Å². The molecule has 0 saturated heterocycles. The van der Waals surface area contributed by atoms with Crippen LogP contribution in [0.2, 0.25) is 0 Å². The molecule has 1 unspecified atom stereocenters. The summed E-state index contributed by atoms with van der Waals surface area (Å²) in [5.74, 6) is -0.898. The molecule has 0 aromatic carbocycles. The van der Waals surface area contributed by atoms with Crippen molar-refractivity contribution in [2.24, 2.45) is 0 Å². The number of alkyl halides is 3. The molecule has 0 aliphatic carbocycles. The van der Waals surface area contributed by atoms with Crippen molar-refractivity contribution in [3.8, 4) is 5.75 Å². The van der Waals surface area contributed by atoms with E-state index in [1.165, 1.54) is 29.2 Å². The molecule has 2 atom stereocenters. The van der Waals surface area contributed by atoms with Crippen LogP contribution in [0.3, 0.4) is 0 Å². The fourth-order valence-corrected chi connectivity index (χ4v) is 3.61. The molecule has 0 spiro atoms. The lowest BCUT2D eigenvalue weighted by molar-refractivity contribution is -0.153. The topological polar surface area (TPSA) is 96.2 Å². The third kappa shape index (κ3) is 7.93. The molecule has 0 aliphatic heterocycles. The largest absolute Gasteiger partial charge is 0.483 e. The molecule has 172 valence electrons. The van der Waals surface area contributed by atoms with E-state index in [2.05, 4.69) is 20.0 Å². The Labute approximate surface area is 180 Å². The molecule has 0 aliphatic rings. The van der Waals surface area contributed by atoms with Gasteiger partial charge in [-0.15, -0.1) is 5.10 Å². The van der Waals surface area contributed by atoms with Crippen molar-refractivity contribution in [2.75, 3.05) is 19.0 Å². The van der Waals surface area contributed by atoms with Crippen LogP contribution in [0.25, 0.3) is 0 Å². The zero-order chi connectivity index (χ0) is 23.2. The van der Waals surface area contributed by atoms with Crippen LogP contribution in [0.1, 0.15) is 45.0 Å². The highest BCUT2D eigenvalue weighted by Gasteiger charge is 2.30. The van der Waals surface area contributed by atoms with Gasteiger partial charge >= 0.3 is 12.1 Å². The molecule has 0 saturated carbocycles. The number of rotatable bonds is 9. The van der Waals surface area contributed by atoms with Crippen molar-refractivity contribution >= 4 is 16.8 Å². The number of carbonyl (C=O) groups excluding carboxylic acids is 1. The maximum Gasteiger partial charge on any atom is 0.422 e. The maximum atomic E-state index is 12.8. The summed E-state index contributed by atoms with van der Waals surface area (Å²) in [6.45, 7) is 5.87. The number of halogens is 3. The van der Waals surface area contributed by atoms with Gasteiger partial charge in [0.1, 0.15) is 12.3 Å². The van der Waals surface area contributed by atoms with Crippen molar-refractivity contribution < 1.29 is 31.6 Å². The summed E-state index contributed by atoms with van der Waals surface area (Å²) < 4.78 is 60.2. The minimum absolute atomic E-state index is 0.0391. The van der Waals surface area contributed by atoms with E-state index in [1.807, 2.05) is 20.8 Å². The molecule has 2 rings (SSSR count). The number of aromatic nitrogens is 4. The number of ether oxygens (including phenoxy) is 2. The number of esters is 1. The Morgan fingerprint density at radius 3 is 2.48 bits per heavy atom. The molecule has 0 N–H and O–H groups in total. The molecule has 0 bridgehead atoms. The third-order valence-electron chi connectivity index (χ3n) is 4.03. The summed E-state index contributed by atoms with van der Waals surface area (Å²) in [6.07, 6.45) is -1.74. The SMILES string of the molecule is CCOC(=O)Cn1cc([C@@H](CS(=O)C(C)(C)C)c2ccc(OCC(F)(F)F)cn2)nn1. The molecule has 31 heavy (non-hydrogen) atoms. The first-order valence-corrected chi connectivity index (χ1v) is 10.8. The average Bonchev–Trinajstić information content (AvgIpc) is 3.11. The Morgan fingerprint density at radius 1 is 1.23 bits per heavy atom. The van der Waals surface area contributed by atoms with Crippen LogP contribution in [0.4, 0.5) is 13.2 Å². The van der Waals surface area contributed by atoms with Crippen molar-refractivity contribution in [1.82, 2.24) is 20.0 Å². The van der Waals surface area contributed by atoms with Gasteiger partial charge in [0.05, 0.1) is 30.1 Å². The van der Waals surface area contributed by atoms with Crippen molar-refractivity contribution in [3.63, 3.8) is 0 Å². The summed E-state index contributed by atoms with van der Waals surface area (Å²) in [7, 11) is -1.28. The van der Waals surface area contributed by atoms with Crippen LogP contribution in [0, 0.1) is 0 Å². The monoisotopic (exact) mass is 462 g/mol. The Balaban J connectivity index is 2.26. The van der Waals surface area contributed by atoms with Gasteiger partial charge in [-0.3, -0.25) is 14.0 Å². The first-order valence-electron chi connectivity index (χ1n) is 9.48. The number of pyridine rings is 1. The molecule has 0 radical (unpaired) electrons. The second-order valence-corrected chi connectivity index (χ2v) is 9.89. The zero-order valence-corrected chi connectivity index (χ0v) is 18.5. The molecular weight excluding hydrogens is 437 g/mol. The van der Waals surface area contributed by atoms with Gasteiger partial charge in [-0.25, -0.2) is 4.68 Å². The van der Waals surface area contributed by atoms with E-state index in [9.17, 15) is 22.2 Å². The smallest absolute Gasteiger partial charge is 0.422 e. The van der Waals surface area contributed by atoms with Gasteiger partial charge in [-0.1, -0.05) is 5.21 Å². The number of hydrogen-bond donors (Lipinski definition) is 0. The highest BCUT2D eigenvalue weighted by atomic mass is 32.2. The zero-order valence-electron chi connectivity index (χ0n) is 17.7. The van der Waals surface area contributed by atoms with E-state index in [4.69, 9.17) is 4.74 Å². The Bertz CT molecular complexity index is 895. The quantitative estimate of drug-likeness (QED) is 0.529. The lowest BCUT2D eigenvalue weighted by atomic mass is 10.0. The number of hydrogen-bond acceptors (Lipinski definition) is 7. The van der Waals surface area contributed by atoms with Gasteiger partial charge in [-0.05, 0) is 39.8 Å². The molecule has 2 aromatic heterocycles. The number of nitrogens with zero attached hydrogens (tertiary/aromatic N) is 4. The summed E-state index contributed by atoms with van der Waals surface area (Å²) in [6, 6.07) is 2.87. The first-order chi connectivity index (χ1) is 14.4. The van der Waals surface area contributed by atoms with Gasteiger partial charge in [-0.2, -0.15) is 13.2 Å². The second-order valence-electron chi connectivity index (χ2n) is 7.65. The van der Waals surface area contributed by atoms with Crippen LogP contribution < -0.4 is 4.74 Å². The van der Waals surface area contributed by atoms with Gasteiger partial charge in [0.15, 0.2) is 6.61 Å². The van der Waals surface area contributed by atoms with Crippen LogP contribution in [-0.4, -0.2) is 60.0 Å². The lowest BCUT2D eigenvalue weighted by Gasteiger charge is -2.21. The van der Waals surface area contributed by atoms with Crippen molar-refractivity contribution in [2.45, 2.75) is 51.1 Å². The van der Waals surface area contributed by atoms with E-state index in [-0.39, 0.29) is 24.7 Å². The van der Waals surface area contributed by atoms with E-state index < -0.39 is 40.2 Å². The van der Waals surface area contributed by atoms with Gasteiger partial charge in [0.25, 0.3) is 0 Å². The average molecular weight is 462 g/mol. The molecule has 12 heteroatoms. The number of carbonyl (C=O) groups is 1. The predicted octanol–water partition coefficient (Wildman–Crippen LogP) is 2.86. The Kier molecular flexibility index (Phi) is 8.15. The summed E-state index contributed by atoms with van der Waals surface area (Å²) in [5, 5.41) is 8.00. The molecule has 8 nitrogen and oxygen atoms in total. The lowest BCUT2D eigenvalue weighted by Crippen LogP contribution is -2.27. The minimum atomic E-state index is -4.46. The predicted molar refractivity (Wildman–Crippen MR) is 107 cm³/mol. The summed E-state index contributed by atoms with van der Waals surface area (Å²) >= 11 is 0. The maximum absolute atomic E-state index is 12.8. The molecule has 2 heterocycles. The fourth-order valence-electron chi connectivity index (χ4n) is 2.46. The van der Waals surface area contributed by atoms with Gasteiger partial charge < -0.3 is 9.47 Å².